The maximum atomic E-state index is 14.3. The number of esters is 1. The van der Waals surface area contributed by atoms with Gasteiger partial charge in [0.15, 0.2) is 0 Å². The Kier molecular flexibility index (Phi) is 9.97. The molecule has 232 valence electrons. The first-order chi connectivity index (χ1) is 20.9. The average molecular weight is 594 g/mol. The number of rotatable bonds is 9. The van der Waals surface area contributed by atoms with E-state index in [4.69, 9.17) is 9.47 Å². The van der Waals surface area contributed by atoms with E-state index in [1.807, 2.05) is 42.5 Å². The van der Waals surface area contributed by atoms with Crippen molar-refractivity contribution in [1.29, 1.82) is 0 Å². The highest BCUT2D eigenvalue weighted by atomic mass is 16.5. The van der Waals surface area contributed by atoms with Crippen LogP contribution in [0.25, 0.3) is 0 Å². The lowest BCUT2D eigenvalue weighted by Crippen LogP contribution is -2.55. The average Bonchev–Trinajstić information content (AvgIpc) is 3.39. The van der Waals surface area contributed by atoms with Gasteiger partial charge in [-0.2, -0.15) is 0 Å². The van der Waals surface area contributed by atoms with Gasteiger partial charge in [0.2, 0.25) is 17.7 Å². The third-order valence-electron chi connectivity index (χ3n) is 8.99. The van der Waals surface area contributed by atoms with Crippen LogP contribution in [0.2, 0.25) is 0 Å². The van der Waals surface area contributed by atoms with Crippen molar-refractivity contribution in [2.45, 2.75) is 75.7 Å². The van der Waals surface area contributed by atoms with Crippen LogP contribution in [0.1, 0.15) is 63.5 Å². The molecule has 4 aliphatic heterocycles. The van der Waals surface area contributed by atoms with Gasteiger partial charge in [0.25, 0.3) is 0 Å². The molecule has 10 heteroatoms. The topological polar surface area (TPSA) is 125 Å². The number of allylic oxidation sites excluding steroid dienone is 1. The Morgan fingerprint density at radius 3 is 2.56 bits per heavy atom. The van der Waals surface area contributed by atoms with E-state index in [0.29, 0.717) is 32.4 Å². The van der Waals surface area contributed by atoms with Crippen molar-refractivity contribution < 1.29 is 33.8 Å². The summed E-state index contributed by atoms with van der Waals surface area (Å²) in [5.41, 5.74) is -0.548. The standard InChI is InChI=1S/C33H43N3O7/c1-2-3-9-18-35-19-12-17-33-28(31(40)36(20-10-11-21-37)29(33)32(35)41)27-25(43-33)15-7-8-16-26(38)42-22-24(34-30(27)39)23-13-5-4-6-14-23/h4-7,12-15,17,24-25,27-29,37H,2-3,8-11,16,18-22H2,1H3,(H,34,39)/b15-7-/t24-,25+,27-,28-,29+,33-/m1/s1. The van der Waals surface area contributed by atoms with Crippen molar-refractivity contribution in [1.82, 2.24) is 15.1 Å². The van der Waals surface area contributed by atoms with Crippen molar-refractivity contribution >= 4 is 23.7 Å². The van der Waals surface area contributed by atoms with Gasteiger partial charge < -0.3 is 29.7 Å². The van der Waals surface area contributed by atoms with E-state index in [1.54, 1.807) is 22.0 Å². The van der Waals surface area contributed by atoms with Gasteiger partial charge >= 0.3 is 5.97 Å². The van der Waals surface area contributed by atoms with Crippen molar-refractivity contribution in [2.75, 3.05) is 32.8 Å². The fraction of sp³-hybridized carbons (Fsp3) is 0.576. The van der Waals surface area contributed by atoms with Crippen molar-refractivity contribution in [3.05, 3.63) is 60.2 Å². The SMILES string of the molecule is CCCCCN1CC=C[C@@]23O[C@H]4/C=C\CCC(=O)OC[C@H](c5ccccc5)NC(=O)[C@H]4[C@@H]2C(=O)N(CCCCO)[C@H]3C1=O. The molecule has 1 aromatic rings. The number of nitrogens with one attached hydrogen (secondary N) is 1. The van der Waals surface area contributed by atoms with E-state index in [1.165, 1.54) is 0 Å². The number of carbonyl (C=O) groups is 4. The van der Waals surface area contributed by atoms with Crippen molar-refractivity contribution in [3.63, 3.8) is 0 Å². The maximum Gasteiger partial charge on any atom is 0.306 e. The van der Waals surface area contributed by atoms with Gasteiger partial charge in [-0.1, -0.05) is 74.4 Å². The minimum absolute atomic E-state index is 0.0158. The monoisotopic (exact) mass is 593 g/mol. The molecule has 2 saturated heterocycles. The van der Waals surface area contributed by atoms with Crippen LogP contribution in [0.4, 0.5) is 0 Å². The first-order valence-corrected chi connectivity index (χ1v) is 15.6. The molecular formula is C33H43N3O7. The highest BCUT2D eigenvalue weighted by molar-refractivity contribution is 5.99. The lowest BCUT2D eigenvalue weighted by atomic mass is 9.77. The summed E-state index contributed by atoms with van der Waals surface area (Å²) >= 11 is 0. The molecule has 0 unspecified atom stereocenters. The van der Waals surface area contributed by atoms with Gasteiger partial charge in [0.05, 0.1) is 24.0 Å². The zero-order chi connectivity index (χ0) is 30.4. The Bertz CT molecular complexity index is 1230. The minimum atomic E-state index is -1.32. The molecular weight excluding hydrogens is 550 g/mol. The molecule has 2 N–H and O–H groups in total. The summed E-state index contributed by atoms with van der Waals surface area (Å²) in [6.07, 6.45) is 11.0. The molecule has 3 amide bonds. The number of aliphatic hydroxyl groups is 1. The van der Waals surface area contributed by atoms with Crippen LogP contribution in [0.15, 0.2) is 54.6 Å². The summed E-state index contributed by atoms with van der Waals surface area (Å²) < 4.78 is 12.3. The molecule has 2 fully saturated rings. The molecule has 4 heterocycles. The van der Waals surface area contributed by atoms with Crippen LogP contribution >= 0.6 is 0 Å². The van der Waals surface area contributed by atoms with E-state index in [9.17, 15) is 24.3 Å². The van der Waals surface area contributed by atoms with E-state index in [0.717, 1.165) is 24.8 Å². The fourth-order valence-corrected chi connectivity index (χ4v) is 6.87. The highest BCUT2D eigenvalue weighted by Gasteiger charge is 2.71. The van der Waals surface area contributed by atoms with Gasteiger partial charge in [-0.15, -0.1) is 0 Å². The molecule has 4 aliphatic rings. The van der Waals surface area contributed by atoms with Crippen molar-refractivity contribution in [3.8, 4) is 0 Å². The molecule has 0 aliphatic carbocycles. The summed E-state index contributed by atoms with van der Waals surface area (Å²) in [5.74, 6) is -3.05. The van der Waals surface area contributed by atoms with Gasteiger partial charge in [-0.25, -0.2) is 0 Å². The predicted molar refractivity (Wildman–Crippen MR) is 158 cm³/mol. The molecule has 0 radical (unpaired) electrons. The Balaban J connectivity index is 1.53. The number of amides is 3. The summed E-state index contributed by atoms with van der Waals surface area (Å²) in [5, 5.41) is 12.5. The predicted octanol–water partition coefficient (Wildman–Crippen LogP) is 2.68. The first kappa shape index (κ1) is 30.9. The van der Waals surface area contributed by atoms with E-state index < -0.39 is 41.5 Å². The molecule has 1 aromatic carbocycles. The molecule has 43 heavy (non-hydrogen) atoms. The zero-order valence-corrected chi connectivity index (χ0v) is 24.9. The third kappa shape index (κ3) is 6.26. The Labute approximate surface area is 253 Å². The van der Waals surface area contributed by atoms with Crippen LogP contribution in [-0.4, -0.2) is 89.2 Å². The van der Waals surface area contributed by atoms with Gasteiger partial charge in [-0.05, 0) is 31.2 Å². The van der Waals surface area contributed by atoms with Crippen LogP contribution in [-0.2, 0) is 28.7 Å². The smallest absolute Gasteiger partial charge is 0.306 e. The third-order valence-corrected chi connectivity index (χ3v) is 8.99. The number of hydrogen-bond donors (Lipinski definition) is 2. The normalized spacial score (nSPS) is 31.7. The zero-order valence-electron chi connectivity index (χ0n) is 24.9. The molecule has 6 atom stereocenters. The summed E-state index contributed by atoms with van der Waals surface area (Å²) in [7, 11) is 0. The quantitative estimate of drug-likeness (QED) is 0.256. The van der Waals surface area contributed by atoms with E-state index in [2.05, 4.69) is 12.2 Å². The number of fused-ring (bicyclic) bond motifs is 2. The highest BCUT2D eigenvalue weighted by Crippen LogP contribution is 2.53. The summed E-state index contributed by atoms with van der Waals surface area (Å²) in [6, 6.07) is 7.74. The Hall–Kier alpha value is -3.50. The number of carbonyl (C=O) groups excluding carboxylic acids is 4. The lowest BCUT2D eigenvalue weighted by molar-refractivity contribution is -0.148. The van der Waals surface area contributed by atoms with Gasteiger partial charge in [0, 0.05) is 32.7 Å². The second-order valence-corrected chi connectivity index (χ2v) is 11.8. The number of unbranched alkanes of at least 4 members (excludes halogenated alkanes) is 3. The molecule has 5 rings (SSSR count). The number of likely N-dealkylation sites (tertiary alicyclic amines) is 1. The number of ether oxygens (including phenoxy) is 2. The van der Waals surface area contributed by atoms with Gasteiger partial charge in [0.1, 0.15) is 18.2 Å². The van der Waals surface area contributed by atoms with E-state index >= 15 is 0 Å². The summed E-state index contributed by atoms with van der Waals surface area (Å²) in [4.78, 5) is 58.6. The number of nitrogens with zero attached hydrogens (tertiary/aromatic N) is 2. The van der Waals surface area contributed by atoms with Crippen LogP contribution in [0, 0.1) is 11.8 Å². The summed E-state index contributed by atoms with van der Waals surface area (Å²) in [6.45, 7) is 3.32. The molecule has 0 aromatic heterocycles. The second kappa shape index (κ2) is 13.9. The van der Waals surface area contributed by atoms with Crippen LogP contribution in [0.5, 0.6) is 0 Å². The molecule has 10 nitrogen and oxygen atoms in total. The van der Waals surface area contributed by atoms with Crippen LogP contribution in [0.3, 0.4) is 0 Å². The molecule has 0 bridgehead atoms. The first-order valence-electron chi connectivity index (χ1n) is 15.6. The fourth-order valence-electron chi connectivity index (χ4n) is 6.87. The Morgan fingerprint density at radius 1 is 1.00 bits per heavy atom. The largest absolute Gasteiger partial charge is 0.463 e. The van der Waals surface area contributed by atoms with Crippen LogP contribution < -0.4 is 5.32 Å². The van der Waals surface area contributed by atoms with Gasteiger partial charge in [-0.3, -0.25) is 19.2 Å². The van der Waals surface area contributed by atoms with Crippen molar-refractivity contribution in [2.24, 2.45) is 11.8 Å². The second-order valence-electron chi connectivity index (χ2n) is 11.8. The number of aliphatic hydroxyl groups excluding tert-OH is 1. The Morgan fingerprint density at radius 2 is 1.79 bits per heavy atom. The molecule has 1 spiro atoms. The lowest BCUT2D eigenvalue weighted by Gasteiger charge is -2.35. The molecule has 0 saturated carbocycles. The number of cyclic esters (lactones) is 1. The maximum absolute atomic E-state index is 14.3. The minimum Gasteiger partial charge on any atom is -0.463 e. The number of benzene rings is 1. The number of hydrogen-bond acceptors (Lipinski definition) is 7. The van der Waals surface area contributed by atoms with E-state index in [-0.39, 0.29) is 44.0 Å².